The van der Waals surface area contributed by atoms with Crippen molar-refractivity contribution < 1.29 is 9.18 Å². The monoisotopic (exact) mass is 305 g/mol. The lowest BCUT2D eigenvalue weighted by Gasteiger charge is -2.04. The van der Waals surface area contributed by atoms with Gasteiger partial charge in [0.05, 0.1) is 10.7 Å². The number of carbonyl (C=O) groups is 1. The molecular weight excluding hydrogens is 289 g/mol. The van der Waals surface area contributed by atoms with Crippen LogP contribution in [0.4, 0.5) is 15.1 Å². The second-order valence-electron chi connectivity index (χ2n) is 4.34. The molecule has 6 heteroatoms. The lowest BCUT2D eigenvalue weighted by atomic mass is 10.2. The fourth-order valence-electron chi connectivity index (χ4n) is 1.74. The van der Waals surface area contributed by atoms with Crippen molar-refractivity contribution >= 4 is 27.9 Å². The van der Waals surface area contributed by atoms with Gasteiger partial charge < -0.3 is 16.4 Å². The minimum absolute atomic E-state index is 0.239. The number of carbonyl (C=O) groups excluding carboxylic acids is 1. The maximum Gasteiger partial charge on any atom is 0.263 e. The molecule has 1 aromatic heterocycles. The van der Waals surface area contributed by atoms with Crippen molar-refractivity contribution in [3.8, 4) is 0 Å². The van der Waals surface area contributed by atoms with Crippen molar-refractivity contribution in [3.63, 3.8) is 0 Å². The number of benzene rings is 1. The van der Waals surface area contributed by atoms with Gasteiger partial charge in [0.15, 0.2) is 0 Å². The smallest absolute Gasteiger partial charge is 0.263 e. The molecule has 110 valence electrons. The molecule has 1 amide bonds. The molecule has 0 aliphatic heterocycles. The van der Waals surface area contributed by atoms with E-state index in [1.165, 1.54) is 17.4 Å². The van der Waals surface area contributed by atoms with Gasteiger partial charge in [0.2, 0.25) is 0 Å². The van der Waals surface area contributed by atoms with Gasteiger partial charge in [-0.25, -0.2) is 4.39 Å². The summed E-state index contributed by atoms with van der Waals surface area (Å²) in [5.74, 6) is -0.505. The van der Waals surface area contributed by atoms with Gasteiger partial charge in [-0.1, -0.05) is 24.3 Å². The summed E-state index contributed by atoms with van der Waals surface area (Å²) in [5.41, 5.74) is 6.78. The Kier molecular flexibility index (Phi) is 4.94. The van der Waals surface area contributed by atoms with Crippen molar-refractivity contribution in [1.29, 1.82) is 0 Å². The van der Waals surface area contributed by atoms with Crippen LogP contribution in [0, 0.1) is 5.82 Å². The normalized spacial score (nSPS) is 10.1. The topological polar surface area (TPSA) is 67.2 Å². The first-order valence-corrected chi connectivity index (χ1v) is 7.19. The third-order valence-corrected chi connectivity index (χ3v) is 3.89. The molecule has 0 fully saturated rings. The van der Waals surface area contributed by atoms with Crippen LogP contribution >= 0.6 is 11.3 Å². The van der Waals surface area contributed by atoms with Gasteiger partial charge in [0.25, 0.3) is 5.91 Å². The van der Waals surface area contributed by atoms with Crippen LogP contribution in [0.1, 0.15) is 15.2 Å². The van der Waals surface area contributed by atoms with E-state index in [1.54, 1.807) is 30.3 Å². The lowest BCUT2D eigenvalue weighted by Crippen LogP contribution is -2.22. The average molecular weight is 305 g/mol. The number of nitrogens with one attached hydrogen (secondary N) is 2. The SMILES string of the molecule is C=CCNC(=O)c1sc(NCc2ccccc2F)cc1N. The Bertz CT molecular complexity index is 654. The van der Waals surface area contributed by atoms with Crippen LogP contribution in [-0.4, -0.2) is 12.5 Å². The summed E-state index contributed by atoms with van der Waals surface area (Å²) in [6, 6.07) is 8.21. The van der Waals surface area contributed by atoms with Crippen LogP contribution in [-0.2, 0) is 6.54 Å². The van der Waals surface area contributed by atoms with Crippen LogP contribution in [0.5, 0.6) is 0 Å². The molecule has 2 rings (SSSR count). The van der Waals surface area contributed by atoms with Crippen LogP contribution in [0.3, 0.4) is 0 Å². The molecule has 0 saturated heterocycles. The quantitative estimate of drug-likeness (QED) is 0.719. The summed E-state index contributed by atoms with van der Waals surface area (Å²) in [7, 11) is 0. The Morgan fingerprint density at radius 1 is 1.43 bits per heavy atom. The number of halogens is 1. The molecule has 1 heterocycles. The molecule has 0 saturated carbocycles. The predicted molar refractivity (Wildman–Crippen MR) is 85.0 cm³/mol. The molecule has 0 radical (unpaired) electrons. The fourth-order valence-corrected chi connectivity index (χ4v) is 2.63. The number of nitrogens with two attached hydrogens (primary N) is 1. The molecule has 0 atom stereocenters. The van der Waals surface area contributed by atoms with Gasteiger partial charge in [-0.05, 0) is 12.1 Å². The predicted octanol–water partition coefficient (Wildman–Crippen LogP) is 3.00. The van der Waals surface area contributed by atoms with E-state index in [0.717, 1.165) is 5.00 Å². The zero-order chi connectivity index (χ0) is 15.2. The molecule has 0 spiro atoms. The number of amides is 1. The molecule has 2 aromatic rings. The Morgan fingerprint density at radius 3 is 2.90 bits per heavy atom. The second kappa shape index (κ2) is 6.90. The molecule has 4 nitrogen and oxygen atoms in total. The van der Waals surface area contributed by atoms with Gasteiger partial charge in [-0.3, -0.25) is 4.79 Å². The Labute approximate surface area is 126 Å². The van der Waals surface area contributed by atoms with E-state index in [9.17, 15) is 9.18 Å². The van der Waals surface area contributed by atoms with Crippen LogP contribution in [0.2, 0.25) is 0 Å². The number of thiophene rings is 1. The van der Waals surface area contributed by atoms with Crippen LogP contribution < -0.4 is 16.4 Å². The molecule has 0 bridgehead atoms. The van der Waals surface area contributed by atoms with Crippen molar-refractivity contribution in [2.45, 2.75) is 6.54 Å². The highest BCUT2D eigenvalue weighted by Crippen LogP contribution is 2.29. The minimum Gasteiger partial charge on any atom is -0.397 e. The highest BCUT2D eigenvalue weighted by molar-refractivity contribution is 7.18. The maximum atomic E-state index is 13.5. The molecule has 0 aliphatic carbocycles. The first-order valence-electron chi connectivity index (χ1n) is 6.37. The fraction of sp³-hybridized carbons (Fsp3) is 0.133. The van der Waals surface area contributed by atoms with Crippen molar-refractivity contribution in [3.05, 3.63) is 59.2 Å². The van der Waals surface area contributed by atoms with E-state index >= 15 is 0 Å². The molecule has 0 unspecified atom stereocenters. The van der Waals surface area contributed by atoms with Gasteiger partial charge in [-0.15, -0.1) is 17.9 Å². The number of nitrogen functional groups attached to an aromatic ring is 1. The lowest BCUT2D eigenvalue weighted by molar-refractivity contribution is 0.0963. The summed E-state index contributed by atoms with van der Waals surface area (Å²) >= 11 is 1.24. The van der Waals surface area contributed by atoms with E-state index in [4.69, 9.17) is 5.73 Å². The van der Waals surface area contributed by atoms with Gasteiger partial charge in [0, 0.05) is 18.7 Å². The Balaban J connectivity index is 2.04. The van der Waals surface area contributed by atoms with Crippen LogP contribution in [0.15, 0.2) is 43.0 Å². The first-order chi connectivity index (χ1) is 10.1. The average Bonchev–Trinajstić information content (AvgIpc) is 2.85. The van der Waals surface area contributed by atoms with Gasteiger partial charge in [0.1, 0.15) is 10.7 Å². The maximum absolute atomic E-state index is 13.5. The van der Waals surface area contributed by atoms with E-state index in [0.29, 0.717) is 29.2 Å². The Hall–Kier alpha value is -2.34. The highest BCUT2D eigenvalue weighted by Gasteiger charge is 2.13. The molecular formula is C15H16FN3OS. The number of rotatable bonds is 6. The second-order valence-corrected chi connectivity index (χ2v) is 5.39. The summed E-state index contributed by atoms with van der Waals surface area (Å²) in [5, 5.41) is 6.47. The van der Waals surface area contributed by atoms with Crippen molar-refractivity contribution in [2.24, 2.45) is 0 Å². The minimum atomic E-state index is -0.265. The third kappa shape index (κ3) is 3.82. The van der Waals surface area contributed by atoms with E-state index < -0.39 is 0 Å². The number of anilines is 2. The number of hydrogen-bond acceptors (Lipinski definition) is 4. The summed E-state index contributed by atoms with van der Waals surface area (Å²) < 4.78 is 13.5. The standard InChI is InChI=1S/C15H16FN3OS/c1-2-7-18-15(20)14-12(17)8-13(21-14)19-9-10-5-3-4-6-11(10)16/h2-6,8,19H,1,7,9,17H2,(H,18,20). The summed E-state index contributed by atoms with van der Waals surface area (Å²) in [6.07, 6.45) is 1.60. The zero-order valence-corrected chi connectivity index (χ0v) is 12.2. The van der Waals surface area contributed by atoms with Gasteiger partial charge >= 0.3 is 0 Å². The highest BCUT2D eigenvalue weighted by atomic mass is 32.1. The summed E-state index contributed by atoms with van der Waals surface area (Å²) in [6.45, 7) is 4.25. The first kappa shape index (κ1) is 15.1. The molecule has 1 aromatic carbocycles. The van der Waals surface area contributed by atoms with Crippen LogP contribution in [0.25, 0.3) is 0 Å². The zero-order valence-electron chi connectivity index (χ0n) is 11.4. The Morgan fingerprint density at radius 2 is 2.19 bits per heavy atom. The third-order valence-electron chi connectivity index (χ3n) is 2.78. The molecule has 0 aliphatic rings. The van der Waals surface area contributed by atoms with E-state index in [-0.39, 0.29) is 11.7 Å². The van der Waals surface area contributed by atoms with Crippen molar-refractivity contribution in [2.75, 3.05) is 17.6 Å². The van der Waals surface area contributed by atoms with E-state index in [1.807, 2.05) is 0 Å². The molecule has 4 N–H and O–H groups in total. The van der Waals surface area contributed by atoms with Crippen molar-refractivity contribution in [1.82, 2.24) is 5.32 Å². The van der Waals surface area contributed by atoms with Gasteiger partial charge in [-0.2, -0.15) is 0 Å². The molecule has 21 heavy (non-hydrogen) atoms. The number of hydrogen-bond donors (Lipinski definition) is 3. The largest absolute Gasteiger partial charge is 0.397 e. The van der Waals surface area contributed by atoms with E-state index in [2.05, 4.69) is 17.2 Å². The summed E-state index contributed by atoms with van der Waals surface area (Å²) in [4.78, 5) is 12.3.